The second-order valence-corrected chi connectivity index (χ2v) is 4.74. The highest BCUT2D eigenvalue weighted by Crippen LogP contribution is 2.28. The van der Waals surface area contributed by atoms with Crippen LogP contribution in [0.5, 0.6) is 17.2 Å². The number of hydrogen-bond acceptors (Lipinski definition) is 4. The minimum Gasteiger partial charge on any atom is -0.493 e. The molecule has 0 radical (unpaired) electrons. The van der Waals surface area contributed by atoms with Gasteiger partial charge in [0.1, 0.15) is 11.6 Å². The minimum absolute atomic E-state index is 0.0230. The van der Waals surface area contributed by atoms with Gasteiger partial charge < -0.3 is 18.9 Å². The fourth-order valence-corrected chi connectivity index (χ4v) is 2.00. The summed E-state index contributed by atoms with van der Waals surface area (Å²) in [6.07, 6.45) is 0. The Labute approximate surface area is 141 Å². The minimum atomic E-state index is -0.394. The average molecular weight is 330 g/mol. The third-order valence-electron chi connectivity index (χ3n) is 3.08. The van der Waals surface area contributed by atoms with Gasteiger partial charge in [0.25, 0.3) is 0 Å². The van der Waals surface area contributed by atoms with Crippen molar-refractivity contribution >= 4 is 0 Å². The molecule has 4 nitrogen and oxygen atoms in total. The molecule has 0 atom stereocenters. The molecule has 24 heavy (non-hydrogen) atoms. The predicted molar refractivity (Wildman–Crippen MR) is 89.0 cm³/mol. The van der Waals surface area contributed by atoms with Crippen LogP contribution in [0, 0.1) is 17.7 Å². The van der Waals surface area contributed by atoms with Gasteiger partial charge in [-0.05, 0) is 37.3 Å². The Kier molecular flexibility index (Phi) is 6.47. The van der Waals surface area contributed by atoms with E-state index in [1.807, 2.05) is 13.0 Å². The number of ether oxygens (including phenoxy) is 4. The number of hydrogen-bond donors (Lipinski definition) is 0. The smallest absolute Gasteiger partial charge is 0.188 e. The quantitative estimate of drug-likeness (QED) is 0.599. The lowest BCUT2D eigenvalue weighted by Crippen LogP contribution is -2.01. The molecule has 0 bridgehead atoms. The lowest BCUT2D eigenvalue weighted by Gasteiger charge is -2.09. The van der Waals surface area contributed by atoms with Crippen molar-refractivity contribution in [3.8, 4) is 29.1 Å². The molecule has 0 aliphatic rings. The van der Waals surface area contributed by atoms with E-state index in [9.17, 15) is 4.39 Å². The summed E-state index contributed by atoms with van der Waals surface area (Å²) in [6.45, 7) is 2.45. The first kappa shape index (κ1) is 17.6. The summed E-state index contributed by atoms with van der Waals surface area (Å²) in [7, 11) is 3.08. The van der Waals surface area contributed by atoms with E-state index in [2.05, 4.69) is 11.8 Å². The van der Waals surface area contributed by atoms with Crippen molar-refractivity contribution < 1.29 is 23.3 Å². The number of benzene rings is 2. The second kappa shape index (κ2) is 8.80. The molecule has 0 saturated heterocycles. The molecule has 2 rings (SSSR count). The Morgan fingerprint density at radius 1 is 0.917 bits per heavy atom. The SMILES string of the molecule is CCOc1cc(C#Cc2ccc(F)cc2OCOC)ccc1OC. The Morgan fingerprint density at radius 3 is 2.46 bits per heavy atom. The zero-order valence-corrected chi connectivity index (χ0v) is 13.9. The lowest BCUT2D eigenvalue weighted by molar-refractivity contribution is 0.0507. The fraction of sp³-hybridized carbons (Fsp3) is 0.263. The van der Waals surface area contributed by atoms with Crippen LogP contribution in [0.25, 0.3) is 0 Å². The molecule has 0 aliphatic heterocycles. The molecule has 0 heterocycles. The molecule has 0 spiro atoms. The van der Waals surface area contributed by atoms with Gasteiger partial charge in [-0.2, -0.15) is 0 Å². The zero-order valence-electron chi connectivity index (χ0n) is 13.9. The largest absolute Gasteiger partial charge is 0.493 e. The van der Waals surface area contributed by atoms with Crippen LogP contribution in [0.4, 0.5) is 4.39 Å². The monoisotopic (exact) mass is 330 g/mol. The highest BCUT2D eigenvalue weighted by atomic mass is 19.1. The molecule has 0 amide bonds. The van der Waals surface area contributed by atoms with Gasteiger partial charge in [-0.1, -0.05) is 11.8 Å². The van der Waals surface area contributed by atoms with Crippen LogP contribution in [-0.2, 0) is 4.74 Å². The topological polar surface area (TPSA) is 36.9 Å². The van der Waals surface area contributed by atoms with E-state index in [4.69, 9.17) is 18.9 Å². The Balaban J connectivity index is 2.31. The van der Waals surface area contributed by atoms with Crippen LogP contribution < -0.4 is 14.2 Å². The van der Waals surface area contributed by atoms with E-state index >= 15 is 0 Å². The summed E-state index contributed by atoms with van der Waals surface area (Å²) in [5, 5.41) is 0. The van der Waals surface area contributed by atoms with Crippen molar-refractivity contribution in [3.05, 3.63) is 53.3 Å². The van der Waals surface area contributed by atoms with Crippen molar-refractivity contribution in [2.75, 3.05) is 27.6 Å². The van der Waals surface area contributed by atoms with Crippen LogP contribution in [0.2, 0.25) is 0 Å². The number of rotatable bonds is 6. The summed E-state index contributed by atoms with van der Waals surface area (Å²) in [4.78, 5) is 0. The van der Waals surface area contributed by atoms with Crippen LogP contribution >= 0.6 is 0 Å². The summed E-state index contributed by atoms with van der Waals surface area (Å²) < 4.78 is 34.3. The van der Waals surface area contributed by atoms with Crippen molar-refractivity contribution in [3.63, 3.8) is 0 Å². The maximum atomic E-state index is 13.4. The lowest BCUT2D eigenvalue weighted by atomic mass is 10.1. The van der Waals surface area contributed by atoms with Gasteiger partial charge in [0.15, 0.2) is 18.3 Å². The molecule has 0 saturated carbocycles. The normalized spacial score (nSPS) is 9.83. The first-order valence-electron chi connectivity index (χ1n) is 7.42. The van der Waals surface area contributed by atoms with Crippen molar-refractivity contribution in [1.82, 2.24) is 0 Å². The van der Waals surface area contributed by atoms with Crippen LogP contribution in [0.3, 0.4) is 0 Å². The van der Waals surface area contributed by atoms with E-state index in [1.165, 1.54) is 19.2 Å². The molecule has 126 valence electrons. The van der Waals surface area contributed by atoms with Gasteiger partial charge >= 0.3 is 0 Å². The molecule has 0 N–H and O–H groups in total. The number of halogens is 1. The van der Waals surface area contributed by atoms with Gasteiger partial charge in [0.05, 0.1) is 19.3 Å². The second-order valence-electron chi connectivity index (χ2n) is 4.74. The van der Waals surface area contributed by atoms with Gasteiger partial charge in [-0.25, -0.2) is 4.39 Å². The third kappa shape index (κ3) is 4.64. The molecule has 0 aliphatic carbocycles. The molecule has 5 heteroatoms. The molecule has 2 aromatic carbocycles. The molecule has 0 fully saturated rings. The van der Waals surface area contributed by atoms with Crippen LogP contribution in [-0.4, -0.2) is 27.6 Å². The fourth-order valence-electron chi connectivity index (χ4n) is 2.00. The maximum Gasteiger partial charge on any atom is 0.188 e. The first-order valence-corrected chi connectivity index (χ1v) is 7.42. The van der Waals surface area contributed by atoms with Crippen molar-refractivity contribution in [1.29, 1.82) is 0 Å². The highest BCUT2D eigenvalue weighted by molar-refractivity contribution is 5.53. The first-order chi connectivity index (χ1) is 11.7. The molecule has 0 unspecified atom stereocenters. The molecular formula is C19H19FO4. The molecule has 2 aromatic rings. The van der Waals surface area contributed by atoms with Gasteiger partial charge in [-0.3, -0.25) is 0 Å². The summed E-state index contributed by atoms with van der Waals surface area (Å²) in [5.74, 6) is 7.21. The van der Waals surface area contributed by atoms with E-state index in [1.54, 1.807) is 25.3 Å². The standard InChI is InChI=1S/C19H19FO4/c1-4-23-19-11-14(6-10-17(19)22-3)5-7-15-8-9-16(20)12-18(15)24-13-21-2/h6,8-12H,4,13H2,1-3H3. The summed E-state index contributed by atoms with van der Waals surface area (Å²) in [5.41, 5.74) is 1.32. The number of methoxy groups -OCH3 is 2. The van der Waals surface area contributed by atoms with Crippen molar-refractivity contribution in [2.45, 2.75) is 6.92 Å². The van der Waals surface area contributed by atoms with Gasteiger partial charge in [-0.15, -0.1) is 0 Å². The van der Waals surface area contributed by atoms with Gasteiger partial charge in [0.2, 0.25) is 0 Å². The van der Waals surface area contributed by atoms with E-state index in [0.29, 0.717) is 29.4 Å². The molecule has 0 aromatic heterocycles. The van der Waals surface area contributed by atoms with E-state index in [0.717, 1.165) is 5.56 Å². The maximum absolute atomic E-state index is 13.4. The Morgan fingerprint density at radius 2 is 1.75 bits per heavy atom. The van der Waals surface area contributed by atoms with E-state index < -0.39 is 5.82 Å². The van der Waals surface area contributed by atoms with Crippen LogP contribution in [0.1, 0.15) is 18.1 Å². The Bertz CT molecular complexity index is 747. The highest BCUT2D eigenvalue weighted by Gasteiger charge is 2.05. The predicted octanol–water partition coefficient (Wildman–Crippen LogP) is 3.62. The van der Waals surface area contributed by atoms with Crippen LogP contribution in [0.15, 0.2) is 36.4 Å². The zero-order chi connectivity index (χ0) is 17.4. The Hall–Kier alpha value is -2.71. The van der Waals surface area contributed by atoms with E-state index in [-0.39, 0.29) is 6.79 Å². The van der Waals surface area contributed by atoms with Crippen molar-refractivity contribution in [2.24, 2.45) is 0 Å². The third-order valence-corrected chi connectivity index (χ3v) is 3.08. The molecular weight excluding hydrogens is 311 g/mol. The average Bonchev–Trinajstić information content (AvgIpc) is 2.59. The summed E-state index contributed by atoms with van der Waals surface area (Å²) >= 11 is 0. The summed E-state index contributed by atoms with van der Waals surface area (Å²) in [6, 6.07) is 9.61. The van der Waals surface area contributed by atoms with Gasteiger partial charge in [0, 0.05) is 18.7 Å².